The number of nitrogens with zero attached hydrogens (tertiary/aromatic N) is 1. The van der Waals surface area contributed by atoms with Gasteiger partial charge in [-0.25, -0.2) is 4.21 Å². The lowest BCUT2D eigenvalue weighted by Crippen LogP contribution is -1.91. The van der Waals surface area contributed by atoms with Crippen molar-refractivity contribution in [3.05, 3.63) is 60.8 Å². The van der Waals surface area contributed by atoms with Gasteiger partial charge in [0.1, 0.15) is 0 Å². The largest absolute Gasteiger partial charge is 0.349 e. The Bertz CT molecular complexity index is 716. The molecule has 0 amide bonds. The van der Waals surface area contributed by atoms with E-state index in [2.05, 4.69) is 0 Å². The van der Waals surface area contributed by atoms with Gasteiger partial charge in [0.15, 0.2) is 0 Å². The molecule has 0 saturated carbocycles. The first-order valence-electron chi connectivity index (χ1n) is 5.78. The highest BCUT2D eigenvalue weighted by molar-refractivity contribution is 7.85. The van der Waals surface area contributed by atoms with Crippen LogP contribution in [0.2, 0.25) is 0 Å². The summed E-state index contributed by atoms with van der Waals surface area (Å²) in [6, 6.07) is 17.6. The lowest BCUT2D eigenvalue weighted by Gasteiger charge is -1.99. The van der Waals surface area contributed by atoms with Crippen LogP contribution in [0.5, 0.6) is 0 Å². The van der Waals surface area contributed by atoms with Crippen molar-refractivity contribution in [2.24, 2.45) is 7.05 Å². The van der Waals surface area contributed by atoms with Crippen LogP contribution in [-0.2, 0) is 17.8 Å². The third-order valence-electron chi connectivity index (χ3n) is 3.02. The summed E-state index contributed by atoms with van der Waals surface area (Å²) < 4.78 is 14.6. The summed E-state index contributed by atoms with van der Waals surface area (Å²) in [5.41, 5.74) is 1.11. The fourth-order valence-corrected chi connectivity index (χ4v) is 3.41. The first-order chi connectivity index (χ1) is 8.77. The van der Waals surface area contributed by atoms with Gasteiger partial charge in [0, 0.05) is 29.0 Å². The van der Waals surface area contributed by atoms with Gasteiger partial charge in [-0.1, -0.05) is 36.4 Å². The van der Waals surface area contributed by atoms with Crippen LogP contribution in [0.1, 0.15) is 0 Å². The predicted octanol–water partition coefficient (Wildman–Crippen LogP) is 3.35. The Hall–Kier alpha value is -1.87. The molecule has 1 aromatic heterocycles. The first kappa shape index (κ1) is 11.2. The van der Waals surface area contributed by atoms with Crippen LogP contribution in [-0.4, -0.2) is 8.78 Å². The number of rotatable bonds is 2. The number of aryl methyl sites for hydroxylation is 1. The van der Waals surface area contributed by atoms with Crippen molar-refractivity contribution in [3.63, 3.8) is 0 Å². The van der Waals surface area contributed by atoms with E-state index in [0.717, 1.165) is 20.7 Å². The molecule has 1 atom stereocenters. The first-order valence-corrected chi connectivity index (χ1v) is 6.93. The molecule has 0 aliphatic heterocycles. The SMILES string of the molecule is Cn1cc(S(=O)c2ccccc2)c2ccccc21. The Kier molecular flexibility index (Phi) is 2.76. The second-order valence-corrected chi connectivity index (χ2v) is 5.65. The van der Waals surface area contributed by atoms with Crippen molar-refractivity contribution in [2.75, 3.05) is 0 Å². The number of fused-ring (bicyclic) bond motifs is 1. The number of benzene rings is 2. The van der Waals surface area contributed by atoms with Crippen molar-refractivity contribution < 1.29 is 4.21 Å². The molecule has 0 aliphatic rings. The Labute approximate surface area is 108 Å². The molecule has 0 bridgehead atoms. The summed E-state index contributed by atoms with van der Waals surface area (Å²) in [6.07, 6.45) is 1.95. The molecule has 3 rings (SSSR count). The van der Waals surface area contributed by atoms with Crippen molar-refractivity contribution in [1.82, 2.24) is 4.57 Å². The second-order valence-electron chi connectivity index (χ2n) is 4.20. The molecule has 3 aromatic rings. The minimum Gasteiger partial charge on any atom is -0.349 e. The highest BCUT2D eigenvalue weighted by atomic mass is 32.2. The van der Waals surface area contributed by atoms with E-state index < -0.39 is 10.8 Å². The van der Waals surface area contributed by atoms with E-state index in [1.807, 2.05) is 72.4 Å². The molecule has 0 fully saturated rings. The maximum atomic E-state index is 12.6. The van der Waals surface area contributed by atoms with Crippen molar-refractivity contribution in [1.29, 1.82) is 0 Å². The summed E-state index contributed by atoms with van der Waals surface area (Å²) in [5.74, 6) is 0. The zero-order chi connectivity index (χ0) is 12.5. The van der Waals surface area contributed by atoms with E-state index in [4.69, 9.17) is 0 Å². The number of hydrogen-bond acceptors (Lipinski definition) is 1. The van der Waals surface area contributed by atoms with E-state index in [1.165, 1.54) is 0 Å². The molecule has 0 saturated heterocycles. The van der Waals surface area contributed by atoms with Gasteiger partial charge in [-0.3, -0.25) is 0 Å². The second kappa shape index (κ2) is 4.42. The molecule has 18 heavy (non-hydrogen) atoms. The standard InChI is InChI=1S/C15H13NOS/c1-16-11-15(13-9-5-6-10-14(13)16)18(17)12-7-3-2-4-8-12/h2-11H,1H3. The molecular weight excluding hydrogens is 242 g/mol. The lowest BCUT2D eigenvalue weighted by molar-refractivity contribution is 0.683. The highest BCUT2D eigenvalue weighted by Gasteiger charge is 2.13. The van der Waals surface area contributed by atoms with Gasteiger partial charge in [-0.05, 0) is 18.2 Å². The number of aromatic nitrogens is 1. The minimum absolute atomic E-state index is 0.842. The van der Waals surface area contributed by atoms with Gasteiger partial charge >= 0.3 is 0 Å². The Morgan fingerprint density at radius 2 is 1.61 bits per heavy atom. The molecule has 90 valence electrons. The molecule has 1 unspecified atom stereocenters. The van der Waals surface area contributed by atoms with Gasteiger partial charge < -0.3 is 4.57 Å². The van der Waals surface area contributed by atoms with Crippen molar-refractivity contribution in [3.8, 4) is 0 Å². The average molecular weight is 255 g/mol. The van der Waals surface area contributed by atoms with Crippen LogP contribution in [0.25, 0.3) is 10.9 Å². The molecule has 0 spiro atoms. The third-order valence-corrected chi connectivity index (χ3v) is 4.44. The lowest BCUT2D eigenvalue weighted by atomic mass is 10.2. The summed E-state index contributed by atoms with van der Waals surface area (Å²) in [4.78, 5) is 1.72. The van der Waals surface area contributed by atoms with Gasteiger partial charge in [-0.15, -0.1) is 0 Å². The molecule has 2 aromatic carbocycles. The fraction of sp³-hybridized carbons (Fsp3) is 0.0667. The van der Waals surface area contributed by atoms with Crippen molar-refractivity contribution >= 4 is 21.7 Å². The van der Waals surface area contributed by atoms with Crippen molar-refractivity contribution in [2.45, 2.75) is 9.79 Å². The van der Waals surface area contributed by atoms with E-state index >= 15 is 0 Å². The third kappa shape index (κ3) is 1.77. The van der Waals surface area contributed by atoms with Gasteiger partial charge in [0.25, 0.3) is 0 Å². The molecule has 0 aliphatic carbocycles. The average Bonchev–Trinajstić information content (AvgIpc) is 2.77. The van der Waals surface area contributed by atoms with Gasteiger partial charge in [0.05, 0.1) is 15.7 Å². The Morgan fingerprint density at radius 3 is 2.39 bits per heavy atom. The summed E-state index contributed by atoms with van der Waals surface area (Å²) in [6.45, 7) is 0. The topological polar surface area (TPSA) is 22.0 Å². The quantitative estimate of drug-likeness (QED) is 0.688. The Balaban J connectivity index is 2.19. The van der Waals surface area contributed by atoms with Gasteiger partial charge in [0.2, 0.25) is 0 Å². The molecule has 3 heteroatoms. The zero-order valence-corrected chi connectivity index (χ0v) is 10.9. The molecule has 0 N–H and O–H groups in total. The minimum atomic E-state index is -1.12. The smallest absolute Gasteiger partial charge is 0.0871 e. The summed E-state index contributed by atoms with van der Waals surface area (Å²) in [7, 11) is 0.859. The van der Waals surface area contributed by atoms with Crippen LogP contribution in [0.15, 0.2) is 70.6 Å². The van der Waals surface area contributed by atoms with E-state index in [1.54, 1.807) is 0 Å². The fourth-order valence-electron chi connectivity index (χ4n) is 2.12. The van der Waals surface area contributed by atoms with E-state index in [9.17, 15) is 4.21 Å². The van der Waals surface area contributed by atoms with Crippen LogP contribution >= 0.6 is 0 Å². The number of para-hydroxylation sites is 1. The monoisotopic (exact) mass is 255 g/mol. The molecule has 2 nitrogen and oxygen atoms in total. The number of hydrogen-bond donors (Lipinski definition) is 0. The molecule has 0 radical (unpaired) electrons. The van der Waals surface area contributed by atoms with E-state index in [-0.39, 0.29) is 0 Å². The Morgan fingerprint density at radius 1 is 0.944 bits per heavy atom. The van der Waals surface area contributed by atoms with Gasteiger partial charge in [-0.2, -0.15) is 0 Å². The maximum absolute atomic E-state index is 12.6. The van der Waals surface area contributed by atoms with E-state index in [0.29, 0.717) is 0 Å². The summed E-state index contributed by atoms with van der Waals surface area (Å²) >= 11 is 0. The van der Waals surface area contributed by atoms with Crippen LogP contribution < -0.4 is 0 Å². The normalized spacial score (nSPS) is 12.7. The van der Waals surface area contributed by atoms with Crippen LogP contribution in [0.4, 0.5) is 0 Å². The molecular formula is C15H13NOS. The highest BCUT2D eigenvalue weighted by Crippen LogP contribution is 2.26. The van der Waals surface area contributed by atoms with Crippen LogP contribution in [0.3, 0.4) is 0 Å². The molecule has 1 heterocycles. The predicted molar refractivity (Wildman–Crippen MR) is 74.0 cm³/mol. The maximum Gasteiger partial charge on any atom is 0.0871 e. The van der Waals surface area contributed by atoms with Crippen LogP contribution in [0, 0.1) is 0 Å². The summed E-state index contributed by atoms with van der Waals surface area (Å²) in [5, 5.41) is 1.06. The zero-order valence-electron chi connectivity index (χ0n) is 10.0.